The minimum atomic E-state index is -3.58. The second-order valence-corrected chi connectivity index (χ2v) is 8.50. The number of pyridine rings is 1. The molecular formula is C13H17IN2O5S. The number of hydrogen-bond acceptors (Lipinski definition) is 7. The van der Waals surface area contributed by atoms with Gasteiger partial charge in [0.2, 0.25) is 0 Å². The number of halogens is 1. The number of nitrogens with zero attached hydrogens (tertiary/aromatic N) is 2. The smallest absolute Gasteiger partial charge is 0.336 e. The number of likely N-dealkylation sites (tertiary alicyclic amines) is 1. The van der Waals surface area contributed by atoms with Gasteiger partial charge in [-0.2, -0.15) is 8.42 Å². The van der Waals surface area contributed by atoms with Crippen LogP contribution < -0.4 is 0 Å². The van der Waals surface area contributed by atoms with Crippen LogP contribution in [0.5, 0.6) is 0 Å². The highest BCUT2D eigenvalue weighted by Crippen LogP contribution is 2.39. The number of ether oxygens (including phenoxy) is 1. The first kappa shape index (κ1) is 17.6. The lowest BCUT2D eigenvalue weighted by Gasteiger charge is -2.30. The molecule has 1 aliphatic rings. The lowest BCUT2D eigenvalue weighted by atomic mass is 10.2. The van der Waals surface area contributed by atoms with Gasteiger partial charge in [0.1, 0.15) is 0 Å². The van der Waals surface area contributed by atoms with Gasteiger partial charge in [-0.05, 0) is 34.2 Å². The third-order valence-electron chi connectivity index (χ3n) is 3.33. The van der Waals surface area contributed by atoms with Crippen LogP contribution in [0.25, 0.3) is 0 Å². The second-order valence-electron chi connectivity index (χ2n) is 5.12. The zero-order chi connectivity index (χ0) is 16.4. The molecule has 2 heterocycles. The summed E-state index contributed by atoms with van der Waals surface area (Å²) in [4.78, 5) is 18.1. The number of rotatable bonds is 5. The van der Waals surface area contributed by atoms with Crippen molar-refractivity contribution in [3.05, 3.63) is 30.1 Å². The van der Waals surface area contributed by atoms with E-state index in [4.69, 9.17) is 8.92 Å². The number of alkyl halides is 1. The van der Waals surface area contributed by atoms with Crippen molar-refractivity contribution in [2.45, 2.75) is 22.6 Å². The summed E-state index contributed by atoms with van der Waals surface area (Å²) in [6.07, 6.45) is 4.04. The monoisotopic (exact) mass is 440 g/mol. The molecule has 2 atom stereocenters. The van der Waals surface area contributed by atoms with E-state index in [1.165, 1.54) is 7.11 Å². The van der Waals surface area contributed by atoms with Gasteiger partial charge in [-0.3, -0.25) is 14.1 Å². The van der Waals surface area contributed by atoms with Gasteiger partial charge in [0.25, 0.3) is 10.1 Å². The first-order valence-corrected chi connectivity index (χ1v) is 9.43. The average Bonchev–Trinajstić information content (AvgIpc) is 2.74. The quantitative estimate of drug-likeness (QED) is 0.222. The normalized spacial score (nSPS) is 26.0. The van der Waals surface area contributed by atoms with Gasteiger partial charge in [-0.15, -0.1) is 0 Å². The molecule has 0 spiro atoms. The Labute approximate surface area is 143 Å². The number of carbonyl (C=O) groups excluding carboxylic acids is 1. The molecule has 0 bridgehead atoms. The van der Waals surface area contributed by atoms with Crippen LogP contribution in [0.3, 0.4) is 0 Å². The van der Waals surface area contributed by atoms with E-state index in [0.29, 0.717) is 13.1 Å². The van der Waals surface area contributed by atoms with Gasteiger partial charge in [-0.1, -0.05) is 6.07 Å². The first-order chi connectivity index (χ1) is 10.2. The van der Waals surface area contributed by atoms with Gasteiger partial charge >= 0.3 is 5.97 Å². The van der Waals surface area contributed by atoms with Crippen molar-refractivity contribution in [1.29, 1.82) is 0 Å². The molecule has 0 aliphatic carbocycles. The Morgan fingerprint density at radius 2 is 2.32 bits per heavy atom. The Bertz CT molecular complexity index is 639. The highest BCUT2D eigenvalue weighted by Gasteiger charge is 2.51. The molecule has 0 N–H and O–H groups in total. The number of hydrogen-bond donors (Lipinski definition) is 0. The summed E-state index contributed by atoms with van der Waals surface area (Å²) in [5.41, 5.74) is 0.924. The van der Waals surface area contributed by atoms with E-state index in [1.807, 2.05) is 39.6 Å². The zero-order valence-electron chi connectivity index (χ0n) is 12.2. The number of esters is 1. The van der Waals surface area contributed by atoms with Gasteiger partial charge in [0.15, 0.2) is 3.55 Å². The van der Waals surface area contributed by atoms with E-state index in [1.54, 1.807) is 12.4 Å². The molecule has 1 aliphatic heterocycles. The van der Waals surface area contributed by atoms with Crippen LogP contribution in [0, 0.1) is 0 Å². The largest absolute Gasteiger partial charge is 0.467 e. The molecule has 1 fully saturated rings. The summed E-state index contributed by atoms with van der Waals surface area (Å²) in [5, 5.41) is 0. The van der Waals surface area contributed by atoms with Gasteiger partial charge in [0.05, 0.1) is 19.5 Å². The summed E-state index contributed by atoms with van der Waals surface area (Å²) in [7, 11) is -2.27. The van der Waals surface area contributed by atoms with Crippen molar-refractivity contribution in [2.75, 3.05) is 19.9 Å². The van der Waals surface area contributed by atoms with Crippen LogP contribution >= 0.6 is 22.6 Å². The summed E-state index contributed by atoms with van der Waals surface area (Å²) < 4.78 is 31.6. The van der Waals surface area contributed by atoms with E-state index >= 15 is 0 Å². The summed E-state index contributed by atoms with van der Waals surface area (Å²) in [5.74, 6) is -0.420. The Morgan fingerprint density at radius 1 is 1.59 bits per heavy atom. The Balaban J connectivity index is 2.22. The highest BCUT2D eigenvalue weighted by atomic mass is 127. The number of carbonyl (C=O) groups is 1. The van der Waals surface area contributed by atoms with Crippen LogP contribution in [0.4, 0.5) is 0 Å². The maximum atomic E-state index is 12.2. The minimum absolute atomic E-state index is 0.244. The van der Waals surface area contributed by atoms with Gasteiger partial charge in [-0.25, -0.2) is 4.79 Å². The average molecular weight is 440 g/mol. The fourth-order valence-corrected chi connectivity index (χ4v) is 4.17. The van der Waals surface area contributed by atoms with Crippen LogP contribution in [0.15, 0.2) is 24.5 Å². The Hall–Kier alpha value is -0.780. The minimum Gasteiger partial charge on any atom is -0.467 e. The molecule has 7 nitrogen and oxygen atoms in total. The highest BCUT2D eigenvalue weighted by molar-refractivity contribution is 14.1. The summed E-state index contributed by atoms with van der Waals surface area (Å²) in [6, 6.07) is 3.70. The SMILES string of the molecule is COC(=O)C1(I)CC(OS(C)(=O)=O)CN1Cc1cccnc1. The van der Waals surface area contributed by atoms with E-state index in [9.17, 15) is 13.2 Å². The lowest BCUT2D eigenvalue weighted by Crippen LogP contribution is -2.45. The van der Waals surface area contributed by atoms with Crippen LogP contribution in [-0.2, 0) is 30.4 Å². The van der Waals surface area contributed by atoms with E-state index in [0.717, 1.165) is 11.8 Å². The molecular weight excluding hydrogens is 423 g/mol. The number of aromatic nitrogens is 1. The third-order valence-corrected chi connectivity index (χ3v) is 5.51. The molecule has 0 amide bonds. The molecule has 9 heteroatoms. The van der Waals surface area contributed by atoms with Gasteiger partial charge in [0, 0.05) is 31.9 Å². The van der Waals surface area contributed by atoms with Gasteiger partial charge < -0.3 is 4.74 Å². The molecule has 1 aromatic rings. The zero-order valence-corrected chi connectivity index (χ0v) is 15.2. The number of methoxy groups -OCH3 is 1. The van der Waals surface area contributed by atoms with E-state index in [2.05, 4.69) is 4.98 Å². The van der Waals surface area contributed by atoms with E-state index in [-0.39, 0.29) is 6.42 Å². The molecule has 2 rings (SSSR count). The predicted molar refractivity (Wildman–Crippen MR) is 87.7 cm³/mol. The van der Waals surface area contributed by atoms with Crippen molar-refractivity contribution < 1.29 is 22.1 Å². The standard InChI is InChI=1S/C13H17IN2O5S/c1-20-12(17)13(14)6-11(21-22(2,18)19)9-16(13)8-10-4-3-5-15-7-10/h3-5,7,11H,6,8-9H2,1-2H3. The molecule has 1 aromatic heterocycles. The fourth-order valence-electron chi connectivity index (χ4n) is 2.47. The Kier molecular flexibility index (Phi) is 5.41. The molecule has 122 valence electrons. The van der Waals surface area contributed by atoms with Crippen molar-refractivity contribution >= 4 is 38.7 Å². The maximum absolute atomic E-state index is 12.2. The summed E-state index contributed by atoms with van der Waals surface area (Å²) in [6.45, 7) is 0.773. The van der Waals surface area contributed by atoms with Crippen molar-refractivity contribution in [2.24, 2.45) is 0 Å². The maximum Gasteiger partial charge on any atom is 0.336 e. The van der Waals surface area contributed by atoms with E-state index < -0.39 is 25.7 Å². The van der Waals surface area contributed by atoms with Crippen LogP contribution in [-0.4, -0.2) is 53.8 Å². The summed E-state index contributed by atoms with van der Waals surface area (Å²) >= 11 is 2.00. The molecule has 0 radical (unpaired) electrons. The topological polar surface area (TPSA) is 85.8 Å². The van der Waals surface area contributed by atoms with Crippen molar-refractivity contribution in [3.8, 4) is 0 Å². The molecule has 0 saturated carbocycles. The molecule has 0 aromatic carbocycles. The predicted octanol–water partition coefficient (Wildman–Crippen LogP) is 0.936. The molecule has 1 saturated heterocycles. The van der Waals surface area contributed by atoms with Crippen molar-refractivity contribution in [1.82, 2.24) is 9.88 Å². The Morgan fingerprint density at radius 3 is 2.86 bits per heavy atom. The fraction of sp³-hybridized carbons (Fsp3) is 0.538. The third kappa shape index (κ3) is 4.15. The first-order valence-electron chi connectivity index (χ1n) is 6.54. The molecule has 2 unspecified atom stereocenters. The molecule has 22 heavy (non-hydrogen) atoms. The van der Waals surface area contributed by atoms with Crippen LogP contribution in [0.1, 0.15) is 12.0 Å². The second kappa shape index (κ2) is 6.77. The lowest BCUT2D eigenvalue weighted by molar-refractivity contribution is -0.147. The van der Waals surface area contributed by atoms with Crippen molar-refractivity contribution in [3.63, 3.8) is 0 Å². The van der Waals surface area contributed by atoms with Crippen LogP contribution in [0.2, 0.25) is 0 Å².